The maximum atomic E-state index is 15.1. The predicted molar refractivity (Wildman–Crippen MR) is 119 cm³/mol. The molecule has 1 aromatic carbocycles. The third-order valence-electron chi connectivity index (χ3n) is 6.09. The van der Waals surface area contributed by atoms with Crippen molar-refractivity contribution in [2.75, 3.05) is 11.4 Å². The van der Waals surface area contributed by atoms with E-state index < -0.39 is 0 Å². The van der Waals surface area contributed by atoms with Gasteiger partial charge >= 0.3 is 0 Å². The number of rotatable bonds is 5. The number of amides is 2. The largest absolute Gasteiger partial charge is 0.366 e. The molecule has 0 aromatic heterocycles. The summed E-state index contributed by atoms with van der Waals surface area (Å²) in [6.07, 6.45) is 4.21. The third kappa shape index (κ3) is 3.96. The molecule has 29 heavy (non-hydrogen) atoms. The van der Waals surface area contributed by atoms with Gasteiger partial charge in [0.2, 0.25) is 0 Å². The molecule has 0 N–H and O–H groups in total. The molecule has 1 aromatic rings. The van der Waals surface area contributed by atoms with E-state index in [0.29, 0.717) is 16.9 Å². The minimum Gasteiger partial charge on any atom is -0.366 e. The van der Waals surface area contributed by atoms with Crippen LogP contribution in [0.15, 0.2) is 17.0 Å². The van der Waals surface area contributed by atoms with Crippen LogP contribution in [0.5, 0.6) is 0 Å². The van der Waals surface area contributed by atoms with Gasteiger partial charge in [0.05, 0.1) is 4.91 Å². The zero-order valence-electron chi connectivity index (χ0n) is 18.2. The molecule has 2 aliphatic rings. The van der Waals surface area contributed by atoms with Crippen molar-refractivity contribution in [1.29, 1.82) is 0 Å². The van der Waals surface area contributed by atoms with Crippen LogP contribution in [0, 0.1) is 5.82 Å². The first-order chi connectivity index (χ1) is 13.6. The van der Waals surface area contributed by atoms with Gasteiger partial charge in [-0.25, -0.2) is 4.39 Å². The van der Waals surface area contributed by atoms with Crippen LogP contribution in [0.1, 0.15) is 77.8 Å². The van der Waals surface area contributed by atoms with Crippen molar-refractivity contribution in [2.24, 2.45) is 0 Å². The van der Waals surface area contributed by atoms with Crippen molar-refractivity contribution in [3.8, 4) is 0 Å². The number of hydrogen-bond acceptors (Lipinski definition) is 4. The van der Waals surface area contributed by atoms with E-state index in [0.717, 1.165) is 42.4 Å². The summed E-state index contributed by atoms with van der Waals surface area (Å²) in [5, 5.41) is -0.279. The number of carbonyl (C=O) groups is 2. The summed E-state index contributed by atoms with van der Waals surface area (Å²) in [5.74, 6) is -0.394. The van der Waals surface area contributed by atoms with E-state index in [1.165, 1.54) is 4.90 Å². The lowest BCUT2D eigenvalue weighted by atomic mass is 9.79. The number of nitrogens with zero attached hydrogens (tertiary/aromatic N) is 2. The Morgan fingerprint density at radius 3 is 2.62 bits per heavy atom. The minimum absolute atomic E-state index is 0.0324. The first-order valence-corrected chi connectivity index (χ1v) is 11.3. The van der Waals surface area contributed by atoms with Crippen molar-refractivity contribution in [1.82, 2.24) is 4.90 Å². The quantitative estimate of drug-likeness (QED) is 0.537. The summed E-state index contributed by atoms with van der Waals surface area (Å²) in [5.41, 5.74) is 2.39. The molecule has 0 radical (unpaired) electrons. The first-order valence-electron chi connectivity index (χ1n) is 10.5. The fourth-order valence-electron chi connectivity index (χ4n) is 4.46. The number of hydrogen-bond donors (Lipinski definition) is 0. The molecule has 158 valence electrons. The molecule has 2 heterocycles. The van der Waals surface area contributed by atoms with E-state index in [-0.39, 0.29) is 34.5 Å². The zero-order valence-corrected chi connectivity index (χ0v) is 19.0. The highest BCUT2D eigenvalue weighted by Gasteiger charge is 2.39. The molecule has 1 saturated heterocycles. The number of benzene rings is 1. The Morgan fingerprint density at radius 1 is 1.31 bits per heavy atom. The van der Waals surface area contributed by atoms with Crippen LogP contribution in [0.25, 0.3) is 6.08 Å². The molecule has 2 unspecified atom stereocenters. The van der Waals surface area contributed by atoms with Gasteiger partial charge < -0.3 is 4.90 Å². The average Bonchev–Trinajstić information content (AvgIpc) is 2.92. The lowest BCUT2D eigenvalue weighted by molar-refractivity contribution is -0.124. The van der Waals surface area contributed by atoms with Crippen LogP contribution < -0.4 is 4.90 Å². The normalized spacial score (nSPS) is 23.7. The second-order valence-corrected chi connectivity index (χ2v) is 9.80. The molecular formula is C23H31FN2O2S. The second-order valence-electron chi connectivity index (χ2n) is 8.81. The van der Waals surface area contributed by atoms with Crippen molar-refractivity contribution in [3.05, 3.63) is 34.0 Å². The zero-order chi connectivity index (χ0) is 21.5. The van der Waals surface area contributed by atoms with Gasteiger partial charge in [0.15, 0.2) is 0 Å². The van der Waals surface area contributed by atoms with Crippen LogP contribution in [0.3, 0.4) is 0 Å². The van der Waals surface area contributed by atoms with Gasteiger partial charge in [0.1, 0.15) is 5.82 Å². The lowest BCUT2D eigenvalue weighted by Crippen LogP contribution is -2.48. The molecule has 0 saturated carbocycles. The number of thioether (sulfide) groups is 1. The summed E-state index contributed by atoms with van der Waals surface area (Å²) >= 11 is 0.897. The van der Waals surface area contributed by atoms with E-state index in [4.69, 9.17) is 0 Å². The van der Waals surface area contributed by atoms with Crippen molar-refractivity contribution < 1.29 is 14.0 Å². The Morgan fingerprint density at radius 2 is 2.00 bits per heavy atom. The van der Waals surface area contributed by atoms with Gasteiger partial charge in [0.25, 0.3) is 11.1 Å². The van der Waals surface area contributed by atoms with Crippen LogP contribution in [-0.4, -0.2) is 34.2 Å². The predicted octanol–water partition coefficient (Wildman–Crippen LogP) is 6.16. The Bertz CT molecular complexity index is 865. The van der Waals surface area contributed by atoms with Crippen molar-refractivity contribution in [2.45, 2.75) is 78.3 Å². The van der Waals surface area contributed by atoms with Crippen LogP contribution in [-0.2, 0) is 4.79 Å². The maximum absolute atomic E-state index is 15.1. The van der Waals surface area contributed by atoms with E-state index in [1.54, 1.807) is 12.1 Å². The highest BCUT2D eigenvalue weighted by Crippen LogP contribution is 2.45. The third-order valence-corrected chi connectivity index (χ3v) is 6.98. The smallest absolute Gasteiger partial charge is 0.293 e. The molecule has 4 nitrogen and oxygen atoms in total. The Balaban J connectivity index is 2.02. The van der Waals surface area contributed by atoms with Gasteiger partial charge in [-0.1, -0.05) is 20.8 Å². The Hall–Kier alpha value is -1.82. The van der Waals surface area contributed by atoms with E-state index in [1.807, 2.05) is 19.9 Å². The van der Waals surface area contributed by atoms with Gasteiger partial charge in [-0.15, -0.1) is 0 Å². The molecule has 2 amide bonds. The number of imide groups is 1. The molecule has 0 spiro atoms. The number of fused-ring (bicyclic) bond motifs is 1. The number of halogens is 1. The molecule has 2 aliphatic heterocycles. The van der Waals surface area contributed by atoms with Crippen molar-refractivity contribution >= 4 is 34.7 Å². The first kappa shape index (κ1) is 21.9. The highest BCUT2D eigenvalue weighted by atomic mass is 32.2. The number of carbonyl (C=O) groups excluding carboxylic acids is 2. The van der Waals surface area contributed by atoms with E-state index in [2.05, 4.69) is 32.6 Å². The van der Waals surface area contributed by atoms with Gasteiger partial charge in [-0.05, 0) is 81.5 Å². The van der Waals surface area contributed by atoms with Crippen LogP contribution in [0.2, 0.25) is 0 Å². The fourth-order valence-corrected chi connectivity index (χ4v) is 5.38. The standard InChI is InChI=1S/C23H31FN2O2S/c1-7-9-25-19-12-18(24)16(10-17(19)14(3)13-23(25,5)6)11-20-21(27)26(15(4)8-2)22(28)29-20/h10-12,14-15H,7-9,13H2,1-6H3/b20-11-. The average molecular weight is 419 g/mol. The molecule has 0 aliphatic carbocycles. The highest BCUT2D eigenvalue weighted by molar-refractivity contribution is 8.18. The lowest BCUT2D eigenvalue weighted by Gasteiger charge is -2.47. The molecule has 2 atom stereocenters. The summed E-state index contributed by atoms with van der Waals surface area (Å²) < 4.78 is 15.1. The maximum Gasteiger partial charge on any atom is 0.293 e. The van der Waals surface area contributed by atoms with Crippen LogP contribution in [0.4, 0.5) is 14.9 Å². The molecule has 1 fully saturated rings. The summed E-state index contributed by atoms with van der Waals surface area (Å²) in [6.45, 7) is 13.4. The Labute approximate surface area is 177 Å². The van der Waals surface area contributed by atoms with Crippen molar-refractivity contribution in [3.63, 3.8) is 0 Å². The summed E-state index contributed by atoms with van der Waals surface area (Å²) in [4.78, 5) is 28.8. The summed E-state index contributed by atoms with van der Waals surface area (Å²) in [6, 6.07) is 3.31. The fraction of sp³-hybridized carbons (Fsp3) is 0.565. The van der Waals surface area contributed by atoms with Gasteiger partial charge in [-0.3, -0.25) is 14.5 Å². The second kappa shape index (κ2) is 8.13. The van der Waals surface area contributed by atoms with Crippen LogP contribution >= 0.6 is 11.8 Å². The Kier molecular flexibility index (Phi) is 6.13. The molecule has 3 rings (SSSR count). The molecular weight excluding hydrogens is 387 g/mol. The molecule has 6 heteroatoms. The van der Waals surface area contributed by atoms with E-state index in [9.17, 15) is 9.59 Å². The van der Waals surface area contributed by atoms with Gasteiger partial charge in [-0.2, -0.15) is 0 Å². The number of anilines is 1. The van der Waals surface area contributed by atoms with Gasteiger partial charge in [0, 0.05) is 29.4 Å². The topological polar surface area (TPSA) is 40.6 Å². The SMILES string of the molecule is CCCN1c2cc(F)c(/C=C3\SC(=O)N(C(C)CC)C3=O)cc2C(C)CC1(C)C. The van der Waals surface area contributed by atoms with E-state index >= 15 is 4.39 Å². The summed E-state index contributed by atoms with van der Waals surface area (Å²) in [7, 11) is 0. The monoisotopic (exact) mass is 418 g/mol. The minimum atomic E-state index is -0.356. The molecule has 0 bridgehead atoms.